The molecule has 0 radical (unpaired) electrons. The molecule has 142 valence electrons. The molecule has 2 aromatic carbocycles. The van der Waals surface area contributed by atoms with Crippen LogP contribution in [0.25, 0.3) is 0 Å². The maximum Gasteiger partial charge on any atom is 0.285 e. The third-order valence-electron chi connectivity index (χ3n) is 4.54. The number of fused-ring (bicyclic) bond motifs is 1. The van der Waals surface area contributed by atoms with Crippen LogP contribution in [-0.2, 0) is 17.8 Å². The number of rotatable bonds is 6. The van der Waals surface area contributed by atoms with Crippen LogP contribution in [0.1, 0.15) is 31.8 Å². The fourth-order valence-electron chi connectivity index (χ4n) is 3.11. The number of carbonyl (C=O) groups excluding carboxylic acids is 2. The summed E-state index contributed by atoms with van der Waals surface area (Å²) in [5.41, 5.74) is 3.27. The lowest BCUT2D eigenvalue weighted by molar-refractivity contribution is -0.699. The molecule has 5 nitrogen and oxygen atoms in total. The minimum absolute atomic E-state index is 0. The van der Waals surface area contributed by atoms with Crippen LogP contribution in [-0.4, -0.2) is 23.5 Å². The fourth-order valence-corrected chi connectivity index (χ4v) is 3.11. The van der Waals surface area contributed by atoms with E-state index in [4.69, 9.17) is 4.84 Å². The van der Waals surface area contributed by atoms with Crippen molar-refractivity contribution < 1.29 is 19.0 Å². The monoisotopic (exact) mass is 439 g/mol. The Hall–Kier alpha value is -2.83. The SMILES string of the molecule is Br.O=C1c2ccccc2C(=O)N1OCC[n+]1ccc(Cc2ccccc2)cc1. The molecular weight excluding hydrogens is 420 g/mol. The van der Waals surface area contributed by atoms with Gasteiger partial charge in [0.25, 0.3) is 11.8 Å². The summed E-state index contributed by atoms with van der Waals surface area (Å²) in [7, 11) is 0. The first-order valence-electron chi connectivity index (χ1n) is 8.85. The highest BCUT2D eigenvalue weighted by molar-refractivity contribution is 8.93. The summed E-state index contributed by atoms with van der Waals surface area (Å²) in [5, 5.41) is 0.856. The number of carbonyl (C=O) groups is 2. The van der Waals surface area contributed by atoms with Gasteiger partial charge in [-0.1, -0.05) is 42.5 Å². The molecule has 28 heavy (non-hydrogen) atoms. The fraction of sp³-hybridized carbons (Fsp3) is 0.136. The molecule has 1 aliphatic heterocycles. The molecule has 0 unspecified atom stereocenters. The maximum absolute atomic E-state index is 12.2. The van der Waals surface area contributed by atoms with Crippen molar-refractivity contribution in [1.82, 2.24) is 5.06 Å². The molecule has 2 amide bonds. The van der Waals surface area contributed by atoms with E-state index in [1.54, 1.807) is 24.3 Å². The smallest absolute Gasteiger partial charge is 0.266 e. The number of aromatic nitrogens is 1. The van der Waals surface area contributed by atoms with Gasteiger partial charge in [-0.15, -0.1) is 22.0 Å². The predicted molar refractivity (Wildman–Crippen MR) is 109 cm³/mol. The molecule has 0 saturated carbocycles. The summed E-state index contributed by atoms with van der Waals surface area (Å²) < 4.78 is 1.96. The van der Waals surface area contributed by atoms with Gasteiger partial charge in [0.2, 0.25) is 0 Å². The summed E-state index contributed by atoms with van der Waals surface area (Å²) in [6.45, 7) is 0.771. The largest absolute Gasteiger partial charge is 0.285 e. The topological polar surface area (TPSA) is 50.5 Å². The first-order chi connectivity index (χ1) is 13.2. The first-order valence-corrected chi connectivity index (χ1v) is 8.85. The van der Waals surface area contributed by atoms with E-state index in [-0.39, 0.29) is 23.6 Å². The van der Waals surface area contributed by atoms with Gasteiger partial charge in [0.05, 0.1) is 11.1 Å². The number of nitrogens with zero attached hydrogens (tertiary/aromatic N) is 2. The van der Waals surface area contributed by atoms with E-state index in [0.717, 1.165) is 11.5 Å². The molecule has 1 aliphatic rings. The molecule has 6 heteroatoms. The zero-order valence-corrected chi connectivity index (χ0v) is 16.9. The Morgan fingerprint density at radius 3 is 1.89 bits per heavy atom. The quantitative estimate of drug-likeness (QED) is 0.436. The molecule has 1 aromatic heterocycles. The van der Waals surface area contributed by atoms with Crippen molar-refractivity contribution in [3.05, 3.63) is 101 Å². The van der Waals surface area contributed by atoms with Crippen LogP contribution in [0, 0.1) is 0 Å². The molecule has 4 rings (SSSR count). The Balaban J connectivity index is 0.00000225. The van der Waals surface area contributed by atoms with Crippen LogP contribution in [0.5, 0.6) is 0 Å². The van der Waals surface area contributed by atoms with Gasteiger partial charge in [0, 0.05) is 12.1 Å². The average molecular weight is 440 g/mol. The van der Waals surface area contributed by atoms with Crippen LogP contribution in [0.15, 0.2) is 79.1 Å². The zero-order chi connectivity index (χ0) is 18.6. The van der Waals surface area contributed by atoms with Crippen LogP contribution in [0.2, 0.25) is 0 Å². The van der Waals surface area contributed by atoms with Crippen molar-refractivity contribution in [2.75, 3.05) is 6.61 Å². The van der Waals surface area contributed by atoms with Gasteiger partial charge in [0.1, 0.15) is 6.61 Å². The van der Waals surface area contributed by atoms with Crippen molar-refractivity contribution in [3.63, 3.8) is 0 Å². The summed E-state index contributed by atoms with van der Waals surface area (Å²) in [6.07, 6.45) is 4.83. The lowest BCUT2D eigenvalue weighted by Gasteiger charge is -2.11. The average Bonchev–Trinajstić information content (AvgIpc) is 2.95. The van der Waals surface area contributed by atoms with Gasteiger partial charge in [-0.25, -0.2) is 4.57 Å². The van der Waals surface area contributed by atoms with Crippen molar-refractivity contribution in [1.29, 1.82) is 0 Å². The van der Waals surface area contributed by atoms with E-state index in [9.17, 15) is 9.59 Å². The predicted octanol–water partition coefficient (Wildman–Crippen LogP) is 3.37. The number of imide groups is 1. The Kier molecular flexibility index (Phi) is 6.34. The molecule has 3 aromatic rings. The Bertz CT molecular complexity index is 940. The van der Waals surface area contributed by atoms with Crippen molar-refractivity contribution >= 4 is 28.8 Å². The van der Waals surface area contributed by atoms with Gasteiger partial charge in [-0.2, -0.15) is 0 Å². The van der Waals surface area contributed by atoms with E-state index >= 15 is 0 Å². The number of benzene rings is 2. The Labute approximate surface area is 173 Å². The number of hydrogen-bond acceptors (Lipinski definition) is 3. The summed E-state index contributed by atoms with van der Waals surface area (Å²) in [6, 6.07) is 21.2. The zero-order valence-electron chi connectivity index (χ0n) is 15.2. The highest BCUT2D eigenvalue weighted by Gasteiger charge is 2.36. The summed E-state index contributed by atoms with van der Waals surface area (Å²) >= 11 is 0. The van der Waals surface area contributed by atoms with Crippen molar-refractivity contribution in [2.24, 2.45) is 0 Å². The van der Waals surface area contributed by atoms with E-state index in [2.05, 4.69) is 24.3 Å². The number of hydrogen-bond donors (Lipinski definition) is 0. The second-order valence-corrected chi connectivity index (χ2v) is 6.39. The Morgan fingerprint density at radius 2 is 1.29 bits per heavy atom. The number of amides is 2. The van der Waals surface area contributed by atoms with E-state index in [1.807, 2.05) is 35.2 Å². The Morgan fingerprint density at radius 1 is 0.750 bits per heavy atom. The molecule has 0 atom stereocenters. The van der Waals surface area contributed by atoms with E-state index < -0.39 is 11.8 Å². The van der Waals surface area contributed by atoms with Gasteiger partial charge in [-0.05, 0) is 29.7 Å². The van der Waals surface area contributed by atoms with Gasteiger partial charge in [-0.3, -0.25) is 14.4 Å². The lowest BCUT2D eigenvalue weighted by Crippen LogP contribution is -2.38. The third-order valence-corrected chi connectivity index (χ3v) is 4.54. The molecule has 2 heterocycles. The second-order valence-electron chi connectivity index (χ2n) is 6.39. The van der Waals surface area contributed by atoms with E-state index in [1.165, 1.54) is 11.1 Å². The van der Waals surface area contributed by atoms with Crippen LogP contribution < -0.4 is 4.57 Å². The van der Waals surface area contributed by atoms with Crippen molar-refractivity contribution in [3.8, 4) is 0 Å². The van der Waals surface area contributed by atoms with E-state index in [0.29, 0.717) is 17.7 Å². The minimum atomic E-state index is -0.404. The third kappa shape index (κ3) is 4.18. The lowest BCUT2D eigenvalue weighted by atomic mass is 10.1. The highest BCUT2D eigenvalue weighted by atomic mass is 79.9. The highest BCUT2D eigenvalue weighted by Crippen LogP contribution is 2.22. The van der Waals surface area contributed by atoms with Crippen LogP contribution >= 0.6 is 17.0 Å². The summed E-state index contributed by atoms with van der Waals surface area (Å²) in [4.78, 5) is 29.9. The molecule has 0 spiro atoms. The van der Waals surface area contributed by atoms with Gasteiger partial charge in [0.15, 0.2) is 18.9 Å². The maximum atomic E-state index is 12.2. The molecular formula is C22H20BrN2O3+. The second kappa shape index (κ2) is 8.91. The normalized spacial score (nSPS) is 12.6. The molecule has 0 N–H and O–H groups in total. The summed E-state index contributed by atoms with van der Waals surface area (Å²) in [5.74, 6) is -0.808. The standard InChI is InChI=1S/C22H19N2O3.BrH/c25-21-19-8-4-5-9-20(19)22(26)24(21)27-15-14-23-12-10-18(11-13-23)16-17-6-2-1-3-7-17;/h1-13H,14-16H2;1H/q+1;. The van der Waals surface area contributed by atoms with Crippen LogP contribution in [0.3, 0.4) is 0 Å². The van der Waals surface area contributed by atoms with Gasteiger partial charge < -0.3 is 0 Å². The molecule has 0 fully saturated rings. The van der Waals surface area contributed by atoms with Crippen LogP contribution in [0.4, 0.5) is 0 Å². The first kappa shape index (κ1) is 19.9. The van der Waals surface area contributed by atoms with Gasteiger partial charge >= 0.3 is 0 Å². The number of halogens is 1. The molecule has 0 saturated heterocycles. The number of pyridine rings is 1. The molecule has 0 bridgehead atoms. The number of hydroxylamine groups is 2. The van der Waals surface area contributed by atoms with Crippen molar-refractivity contribution in [2.45, 2.75) is 13.0 Å². The minimum Gasteiger partial charge on any atom is -0.266 e. The molecule has 0 aliphatic carbocycles.